The minimum Gasteiger partial charge on any atom is -0.490 e. The van der Waals surface area contributed by atoms with Crippen LogP contribution in [-0.4, -0.2) is 23.8 Å². The van der Waals surface area contributed by atoms with Crippen molar-refractivity contribution in [2.75, 3.05) is 13.2 Å². The molecule has 5 nitrogen and oxygen atoms in total. The molecular weight excluding hydrogens is 377 g/mol. The first-order chi connectivity index (χ1) is 12.3. The maximum atomic E-state index is 12.6. The maximum Gasteiger partial charge on any atom is 0.358 e. The molecule has 0 aromatic heterocycles. The van der Waals surface area contributed by atoms with Crippen molar-refractivity contribution in [3.63, 3.8) is 0 Å². The van der Waals surface area contributed by atoms with Crippen LogP contribution in [-0.2, 0) is 4.74 Å². The number of halogens is 2. The third kappa shape index (κ3) is 3.99. The van der Waals surface area contributed by atoms with Crippen LogP contribution in [0.15, 0.2) is 17.1 Å². The van der Waals surface area contributed by atoms with E-state index < -0.39 is 5.97 Å². The van der Waals surface area contributed by atoms with Crippen molar-refractivity contribution in [2.24, 2.45) is 0 Å². The number of ether oxygens (including phenoxy) is 2. The number of pyridine rings is 1. The Balaban J connectivity index is 2.85. The number of carbonyl (C=O) groups excluding carboxylic acids is 1. The molecule has 0 radical (unpaired) electrons. The number of aromatic nitrogens is 1. The monoisotopic (exact) mass is 399 g/mol. The highest BCUT2D eigenvalue weighted by molar-refractivity contribution is 6.42. The number of hydrogen-bond donors (Lipinski definition) is 0. The lowest BCUT2D eigenvalue weighted by atomic mass is 10.0. The summed E-state index contributed by atoms with van der Waals surface area (Å²) in [5, 5.41) is 0.0829. The molecule has 1 aliphatic carbocycles. The van der Waals surface area contributed by atoms with Gasteiger partial charge in [0.2, 0.25) is 5.43 Å². The van der Waals surface area contributed by atoms with Crippen LogP contribution in [0.3, 0.4) is 0 Å². The molecule has 1 heterocycles. The number of carbonyl (C=O) groups is 1. The first-order valence-corrected chi connectivity index (χ1v) is 9.45. The molecule has 0 unspecified atom stereocenters. The molecule has 2 aliphatic rings. The fourth-order valence-corrected chi connectivity index (χ4v) is 3.00. The fourth-order valence-electron chi connectivity index (χ4n) is 2.65. The third-order valence-electron chi connectivity index (χ3n) is 3.97. The first-order valence-electron chi connectivity index (χ1n) is 8.70. The van der Waals surface area contributed by atoms with Crippen LogP contribution in [0, 0.1) is 0 Å². The topological polar surface area (TPSA) is 57.5 Å². The van der Waals surface area contributed by atoms with Gasteiger partial charge in [-0.05, 0) is 33.3 Å². The summed E-state index contributed by atoms with van der Waals surface area (Å²) < 4.78 is 12.8. The molecule has 0 atom stereocenters. The van der Waals surface area contributed by atoms with Crippen molar-refractivity contribution >= 4 is 29.2 Å². The van der Waals surface area contributed by atoms with Gasteiger partial charge in [0.15, 0.2) is 11.4 Å². The molecule has 0 aromatic rings. The van der Waals surface area contributed by atoms with Gasteiger partial charge in [-0.3, -0.25) is 4.79 Å². The lowest BCUT2D eigenvalue weighted by Gasteiger charge is -2.24. The molecule has 7 heteroatoms. The summed E-state index contributed by atoms with van der Waals surface area (Å²) in [7, 11) is 0. The lowest BCUT2D eigenvalue weighted by molar-refractivity contribution is 0.0505. The van der Waals surface area contributed by atoms with Crippen LogP contribution in [0.5, 0.6) is 5.75 Å². The molecule has 0 aromatic carbocycles. The van der Waals surface area contributed by atoms with Crippen LogP contribution in [0.25, 0.3) is 11.1 Å². The van der Waals surface area contributed by atoms with Crippen molar-refractivity contribution in [1.29, 1.82) is 0 Å². The Morgan fingerprint density at radius 1 is 1.23 bits per heavy atom. The van der Waals surface area contributed by atoms with E-state index in [1.54, 1.807) is 23.8 Å². The highest BCUT2D eigenvalue weighted by Gasteiger charge is 2.28. The van der Waals surface area contributed by atoms with Gasteiger partial charge in [-0.25, -0.2) is 4.79 Å². The summed E-state index contributed by atoms with van der Waals surface area (Å²) in [6.45, 7) is 8.24. The number of hydrogen-bond acceptors (Lipinski definition) is 4. The second-order valence-corrected chi connectivity index (χ2v) is 6.98. The third-order valence-corrected chi connectivity index (χ3v) is 4.74. The molecule has 0 saturated carbocycles. The summed E-state index contributed by atoms with van der Waals surface area (Å²) in [5.74, 6) is -0.202. The van der Waals surface area contributed by atoms with E-state index in [4.69, 9.17) is 32.7 Å². The van der Waals surface area contributed by atoms with Crippen LogP contribution >= 0.6 is 23.2 Å². The van der Waals surface area contributed by atoms with Crippen LogP contribution in [0.2, 0.25) is 10.0 Å². The molecular formula is C19H23Cl2NO4. The molecule has 0 spiro atoms. The number of benzene rings is 1. The van der Waals surface area contributed by atoms with Crippen molar-refractivity contribution in [3.05, 3.63) is 38.2 Å². The molecule has 26 heavy (non-hydrogen) atoms. The SMILES string of the molecule is CCCCOc1c2cc(Cl)c(Cl)c(=O)c-2cn(C(C)C)c1C(=O)OCC. The molecule has 0 amide bonds. The van der Waals surface area contributed by atoms with E-state index in [9.17, 15) is 9.59 Å². The fraction of sp³-hybridized carbons (Fsp3) is 0.474. The number of nitrogens with zero attached hydrogens (tertiary/aromatic N) is 1. The normalized spacial score (nSPS) is 11.2. The molecule has 0 N–H and O–H groups in total. The first kappa shape index (κ1) is 20.6. The Morgan fingerprint density at radius 2 is 1.92 bits per heavy atom. The summed E-state index contributed by atoms with van der Waals surface area (Å²) in [6, 6.07) is 1.47. The summed E-state index contributed by atoms with van der Waals surface area (Å²) >= 11 is 12.1. The predicted octanol–water partition coefficient (Wildman–Crippen LogP) is 5.20. The van der Waals surface area contributed by atoms with Gasteiger partial charge in [-0.1, -0.05) is 36.5 Å². The van der Waals surface area contributed by atoms with Crippen molar-refractivity contribution in [3.8, 4) is 16.9 Å². The van der Waals surface area contributed by atoms with E-state index in [2.05, 4.69) is 0 Å². The second-order valence-electron chi connectivity index (χ2n) is 6.19. The number of unbranched alkanes of at least 4 members (excludes halogenated alkanes) is 1. The van der Waals surface area contributed by atoms with Gasteiger partial charge in [-0.15, -0.1) is 0 Å². The van der Waals surface area contributed by atoms with Crippen LogP contribution < -0.4 is 10.2 Å². The van der Waals surface area contributed by atoms with Gasteiger partial charge in [0.1, 0.15) is 5.02 Å². The maximum absolute atomic E-state index is 12.6. The van der Waals surface area contributed by atoms with Gasteiger partial charge in [0, 0.05) is 17.8 Å². The molecule has 0 saturated heterocycles. The molecule has 0 bridgehead atoms. The lowest BCUT2D eigenvalue weighted by Crippen LogP contribution is -2.22. The van der Waals surface area contributed by atoms with Gasteiger partial charge in [0.25, 0.3) is 0 Å². The van der Waals surface area contributed by atoms with Gasteiger partial charge in [0.05, 0.1) is 23.8 Å². The van der Waals surface area contributed by atoms with Gasteiger partial charge in [-0.2, -0.15) is 0 Å². The number of fused-ring (bicyclic) bond motifs is 1. The van der Waals surface area contributed by atoms with Crippen LogP contribution in [0.1, 0.15) is 57.1 Å². The van der Waals surface area contributed by atoms with E-state index in [1.165, 1.54) is 0 Å². The highest BCUT2D eigenvalue weighted by Crippen LogP contribution is 2.39. The molecule has 0 fully saturated rings. The Bertz CT molecular complexity index is 829. The molecule has 142 valence electrons. The zero-order valence-electron chi connectivity index (χ0n) is 15.4. The molecule has 2 rings (SSSR count). The van der Waals surface area contributed by atoms with Crippen molar-refractivity contribution < 1.29 is 14.3 Å². The average molecular weight is 400 g/mol. The highest BCUT2D eigenvalue weighted by atomic mass is 35.5. The standard InChI is InChI=1S/C19H23Cl2NO4/c1-5-7-8-26-18-12-9-14(20)15(21)17(23)13(12)10-22(11(3)4)16(18)19(24)25-6-2/h9-11H,5-8H2,1-4H3. The van der Waals surface area contributed by atoms with E-state index in [1.807, 2.05) is 20.8 Å². The van der Waals surface area contributed by atoms with Crippen molar-refractivity contribution in [2.45, 2.75) is 46.6 Å². The Hall–Kier alpha value is -1.72. The second kappa shape index (κ2) is 8.78. The quantitative estimate of drug-likeness (QED) is 0.474. The van der Waals surface area contributed by atoms with E-state index >= 15 is 0 Å². The Morgan fingerprint density at radius 3 is 2.50 bits per heavy atom. The minimum atomic E-state index is -0.506. The summed E-state index contributed by atoms with van der Waals surface area (Å²) in [5.41, 5.74) is 0.690. The predicted molar refractivity (Wildman–Crippen MR) is 104 cm³/mol. The number of rotatable bonds is 7. The Labute approximate surface area is 163 Å². The largest absolute Gasteiger partial charge is 0.490 e. The summed E-state index contributed by atoms with van der Waals surface area (Å²) in [4.78, 5) is 25.3. The van der Waals surface area contributed by atoms with E-state index in [-0.39, 0.29) is 33.8 Å². The molecule has 1 aliphatic heterocycles. The van der Waals surface area contributed by atoms with Gasteiger partial charge < -0.3 is 14.0 Å². The number of esters is 1. The minimum absolute atomic E-state index is 0.0436. The zero-order chi connectivity index (χ0) is 19.4. The van der Waals surface area contributed by atoms with Crippen LogP contribution in [0.4, 0.5) is 0 Å². The smallest absolute Gasteiger partial charge is 0.358 e. The Kier molecular flexibility index (Phi) is 6.95. The van der Waals surface area contributed by atoms with Gasteiger partial charge >= 0.3 is 5.97 Å². The van der Waals surface area contributed by atoms with E-state index in [0.29, 0.717) is 23.5 Å². The van der Waals surface area contributed by atoms with Crippen molar-refractivity contribution in [1.82, 2.24) is 4.57 Å². The average Bonchev–Trinajstić information content (AvgIpc) is 2.59. The zero-order valence-corrected chi connectivity index (χ0v) is 16.9. The van der Waals surface area contributed by atoms with E-state index in [0.717, 1.165) is 12.8 Å². The summed E-state index contributed by atoms with van der Waals surface area (Å²) in [6.07, 6.45) is 3.36.